The van der Waals surface area contributed by atoms with Crippen molar-refractivity contribution in [1.29, 1.82) is 0 Å². The van der Waals surface area contributed by atoms with E-state index in [0.717, 1.165) is 48.2 Å². The van der Waals surface area contributed by atoms with Crippen molar-refractivity contribution in [2.45, 2.75) is 46.0 Å². The molecule has 0 spiro atoms. The van der Waals surface area contributed by atoms with Crippen molar-refractivity contribution in [2.24, 2.45) is 0 Å². The summed E-state index contributed by atoms with van der Waals surface area (Å²) >= 11 is 12.4. The second-order valence-electron chi connectivity index (χ2n) is 7.31. The van der Waals surface area contributed by atoms with Crippen LogP contribution < -0.4 is 10.0 Å². The van der Waals surface area contributed by atoms with Gasteiger partial charge in [0.25, 0.3) is 0 Å². The first-order valence-corrected chi connectivity index (χ1v) is 10.1. The van der Waals surface area contributed by atoms with Gasteiger partial charge in [-0.15, -0.1) is 0 Å². The first kappa shape index (κ1) is 18.4. The Morgan fingerprint density at radius 3 is 1.96 bits per heavy atom. The van der Waals surface area contributed by atoms with E-state index in [0.29, 0.717) is 16.5 Å². The number of anilines is 2. The van der Waals surface area contributed by atoms with Crippen LogP contribution in [0.3, 0.4) is 0 Å². The minimum absolute atomic E-state index is 0.0930. The van der Waals surface area contributed by atoms with E-state index in [1.165, 1.54) is 11.3 Å². The molecule has 0 radical (unpaired) electrons. The fraction of sp³-hybridized carbons (Fsp3) is 0.318. The highest BCUT2D eigenvalue weighted by atomic mass is 35.5. The molecule has 1 aliphatic carbocycles. The molecule has 2 aliphatic rings. The molecule has 1 heterocycles. The van der Waals surface area contributed by atoms with Crippen molar-refractivity contribution >= 4 is 40.5 Å². The van der Waals surface area contributed by atoms with Gasteiger partial charge in [0, 0.05) is 15.7 Å². The minimum atomic E-state index is 0.0930. The lowest BCUT2D eigenvalue weighted by atomic mass is 9.91. The number of halogens is 2. The summed E-state index contributed by atoms with van der Waals surface area (Å²) < 4.78 is 0. The molecule has 0 aromatic heterocycles. The Bertz CT molecular complexity index is 951. The molecule has 1 aliphatic heterocycles. The number of hydrogen-bond acceptors (Lipinski definition) is 2. The van der Waals surface area contributed by atoms with Crippen molar-refractivity contribution in [3.8, 4) is 0 Å². The second kappa shape index (κ2) is 7.21. The fourth-order valence-electron chi connectivity index (χ4n) is 4.10. The molecule has 0 unspecified atom stereocenters. The second-order valence-corrected chi connectivity index (χ2v) is 8.19. The maximum Gasteiger partial charge on any atom is 0.250 e. The van der Waals surface area contributed by atoms with Gasteiger partial charge in [-0.1, -0.05) is 23.2 Å². The standard InChI is InChI=1S/C22H22Cl2N2O/c1-14-11-17(23)7-9-19(14)25-21-6-4-3-5-16(21)13-22(27)26(25)20-10-8-18(24)12-15(20)2/h7-12H,3-6,13H2,1-2H3. The largest absolute Gasteiger partial charge is 0.272 e. The maximum atomic E-state index is 13.2. The zero-order chi connectivity index (χ0) is 19.1. The van der Waals surface area contributed by atoms with E-state index < -0.39 is 0 Å². The van der Waals surface area contributed by atoms with Crippen molar-refractivity contribution in [3.05, 3.63) is 68.8 Å². The molecule has 27 heavy (non-hydrogen) atoms. The van der Waals surface area contributed by atoms with E-state index in [1.54, 1.807) is 0 Å². The first-order valence-electron chi connectivity index (χ1n) is 9.32. The highest BCUT2D eigenvalue weighted by Crippen LogP contribution is 2.42. The molecule has 0 saturated carbocycles. The predicted molar refractivity (Wildman–Crippen MR) is 112 cm³/mol. The summed E-state index contributed by atoms with van der Waals surface area (Å²) in [5.41, 5.74) is 6.41. The quantitative estimate of drug-likeness (QED) is 0.566. The lowest BCUT2D eigenvalue weighted by Crippen LogP contribution is -2.51. The predicted octanol–water partition coefficient (Wildman–Crippen LogP) is 6.60. The van der Waals surface area contributed by atoms with E-state index in [4.69, 9.17) is 23.2 Å². The van der Waals surface area contributed by atoms with E-state index in [1.807, 2.05) is 55.3 Å². The highest BCUT2D eigenvalue weighted by molar-refractivity contribution is 6.31. The number of aryl methyl sites for hydroxylation is 2. The van der Waals surface area contributed by atoms with Crippen LogP contribution in [0.5, 0.6) is 0 Å². The Balaban J connectivity index is 1.92. The maximum absolute atomic E-state index is 13.2. The SMILES string of the molecule is Cc1cc(Cl)ccc1N1C(=O)CC2=C(CCCC2)N1c1ccc(Cl)cc1C. The number of hydrogen-bond donors (Lipinski definition) is 0. The van der Waals surface area contributed by atoms with E-state index >= 15 is 0 Å². The molecule has 4 rings (SSSR count). The zero-order valence-corrected chi connectivity index (χ0v) is 17.1. The van der Waals surface area contributed by atoms with Crippen LogP contribution in [0.25, 0.3) is 0 Å². The van der Waals surface area contributed by atoms with Crippen LogP contribution in [0.4, 0.5) is 11.4 Å². The van der Waals surface area contributed by atoms with Gasteiger partial charge < -0.3 is 0 Å². The Morgan fingerprint density at radius 2 is 1.37 bits per heavy atom. The van der Waals surface area contributed by atoms with E-state index in [2.05, 4.69) is 5.01 Å². The van der Waals surface area contributed by atoms with Gasteiger partial charge in [-0.05, 0) is 92.6 Å². The van der Waals surface area contributed by atoms with Gasteiger partial charge in [0.05, 0.1) is 17.8 Å². The summed E-state index contributed by atoms with van der Waals surface area (Å²) in [5, 5.41) is 5.31. The lowest BCUT2D eigenvalue weighted by Gasteiger charge is -2.45. The Hall–Kier alpha value is -1.97. The number of allylic oxidation sites excluding steroid dienone is 1. The van der Waals surface area contributed by atoms with Gasteiger partial charge in [0.1, 0.15) is 0 Å². The fourth-order valence-corrected chi connectivity index (χ4v) is 4.55. The van der Waals surface area contributed by atoms with Crippen molar-refractivity contribution in [1.82, 2.24) is 0 Å². The molecule has 0 saturated heterocycles. The average Bonchev–Trinajstić information content (AvgIpc) is 2.62. The molecule has 5 heteroatoms. The molecule has 0 bridgehead atoms. The number of nitrogens with zero attached hydrogens (tertiary/aromatic N) is 2. The molecule has 1 amide bonds. The van der Waals surface area contributed by atoms with Gasteiger partial charge in [0.2, 0.25) is 5.91 Å². The topological polar surface area (TPSA) is 23.6 Å². The van der Waals surface area contributed by atoms with Gasteiger partial charge in [-0.2, -0.15) is 0 Å². The van der Waals surface area contributed by atoms with Crippen LogP contribution in [-0.2, 0) is 4.79 Å². The Morgan fingerprint density at radius 1 is 0.815 bits per heavy atom. The average molecular weight is 401 g/mol. The summed E-state index contributed by atoms with van der Waals surface area (Å²) in [4.78, 5) is 13.2. The third-order valence-electron chi connectivity index (χ3n) is 5.38. The van der Waals surface area contributed by atoms with Crippen LogP contribution in [0.2, 0.25) is 10.0 Å². The Labute approximate surface area is 170 Å². The highest BCUT2D eigenvalue weighted by Gasteiger charge is 2.36. The van der Waals surface area contributed by atoms with E-state index in [-0.39, 0.29) is 5.91 Å². The van der Waals surface area contributed by atoms with Gasteiger partial charge in [0.15, 0.2) is 0 Å². The number of amides is 1. The first-order chi connectivity index (χ1) is 13.0. The molecule has 0 atom stereocenters. The van der Waals surface area contributed by atoms with Gasteiger partial charge in [-0.25, -0.2) is 5.01 Å². The summed E-state index contributed by atoms with van der Waals surface area (Å²) in [6.07, 6.45) is 4.76. The molecule has 140 valence electrons. The van der Waals surface area contributed by atoms with Crippen LogP contribution in [0.1, 0.15) is 43.2 Å². The normalized spacial score (nSPS) is 17.4. The zero-order valence-electron chi connectivity index (χ0n) is 15.6. The molecule has 2 aromatic carbocycles. The van der Waals surface area contributed by atoms with Crippen molar-refractivity contribution < 1.29 is 4.79 Å². The van der Waals surface area contributed by atoms with Crippen LogP contribution in [-0.4, -0.2) is 5.91 Å². The summed E-state index contributed by atoms with van der Waals surface area (Å²) in [6, 6.07) is 11.5. The lowest BCUT2D eigenvalue weighted by molar-refractivity contribution is -0.118. The third kappa shape index (κ3) is 3.35. The monoisotopic (exact) mass is 400 g/mol. The summed E-state index contributed by atoms with van der Waals surface area (Å²) in [6.45, 7) is 4.03. The number of carbonyl (C=O) groups excluding carboxylic acids is 1. The molecule has 2 aromatic rings. The Kier molecular flexibility index (Phi) is 4.92. The molecular formula is C22H22Cl2N2O. The number of rotatable bonds is 2. The van der Waals surface area contributed by atoms with Crippen LogP contribution in [0, 0.1) is 13.8 Å². The van der Waals surface area contributed by atoms with Crippen molar-refractivity contribution in [3.63, 3.8) is 0 Å². The minimum Gasteiger partial charge on any atom is -0.272 e. The van der Waals surface area contributed by atoms with Crippen LogP contribution >= 0.6 is 23.2 Å². The summed E-state index contributed by atoms with van der Waals surface area (Å²) in [5.74, 6) is 0.0930. The molecule has 0 fully saturated rings. The van der Waals surface area contributed by atoms with Gasteiger partial charge >= 0.3 is 0 Å². The summed E-state index contributed by atoms with van der Waals surface area (Å²) in [7, 11) is 0. The molecule has 0 N–H and O–H groups in total. The van der Waals surface area contributed by atoms with Crippen molar-refractivity contribution in [2.75, 3.05) is 10.0 Å². The smallest absolute Gasteiger partial charge is 0.250 e. The molecule has 3 nitrogen and oxygen atoms in total. The number of carbonyl (C=O) groups is 1. The van der Waals surface area contributed by atoms with Gasteiger partial charge in [-0.3, -0.25) is 9.80 Å². The molecular weight excluding hydrogens is 379 g/mol. The number of hydrazine groups is 1. The third-order valence-corrected chi connectivity index (χ3v) is 5.85. The van der Waals surface area contributed by atoms with E-state index in [9.17, 15) is 4.79 Å². The van der Waals surface area contributed by atoms with Crippen LogP contribution in [0.15, 0.2) is 47.7 Å². The number of benzene rings is 2.